The molecular weight excluding hydrogens is 446 g/mol. The number of benzene rings is 1. The van der Waals surface area contributed by atoms with Gasteiger partial charge in [0.05, 0.1) is 0 Å². The molecule has 0 aliphatic carbocycles. The largest absolute Gasteiger partial charge is 0.508 e. The molecule has 0 aliphatic rings. The fraction of sp³-hybridized carbons (Fsp3) is 0.667. The lowest BCUT2D eigenvalue weighted by molar-refractivity contribution is -0.142. The molecule has 0 fully saturated rings. The van der Waals surface area contributed by atoms with E-state index in [1.807, 2.05) is 27.7 Å². The van der Waals surface area contributed by atoms with Crippen LogP contribution in [0.4, 0.5) is 4.79 Å². The molecule has 0 aliphatic heterocycles. The molecule has 2 atom stereocenters. The Morgan fingerprint density at radius 2 is 1.63 bits per heavy atom. The summed E-state index contributed by atoms with van der Waals surface area (Å²) in [5, 5.41) is 15.5. The van der Waals surface area contributed by atoms with Crippen molar-refractivity contribution >= 4 is 17.9 Å². The first-order valence-corrected chi connectivity index (χ1v) is 12.8. The first kappa shape index (κ1) is 30.3. The molecule has 3 amide bonds. The fourth-order valence-electron chi connectivity index (χ4n) is 3.65. The van der Waals surface area contributed by atoms with Crippen LogP contribution in [0.5, 0.6) is 5.75 Å². The predicted octanol–water partition coefficient (Wildman–Crippen LogP) is 4.92. The molecule has 8 nitrogen and oxygen atoms in total. The highest BCUT2D eigenvalue weighted by molar-refractivity contribution is 5.92. The highest BCUT2D eigenvalue weighted by Gasteiger charge is 2.36. The fourth-order valence-corrected chi connectivity index (χ4v) is 3.65. The summed E-state index contributed by atoms with van der Waals surface area (Å²) < 4.78 is 5.40. The number of alkyl carbamates (subject to hydrolysis) is 1. The number of rotatable bonds is 13. The molecule has 35 heavy (non-hydrogen) atoms. The van der Waals surface area contributed by atoms with Gasteiger partial charge in [0.15, 0.2) is 0 Å². The van der Waals surface area contributed by atoms with Crippen molar-refractivity contribution < 1.29 is 24.2 Å². The van der Waals surface area contributed by atoms with Gasteiger partial charge in [0.2, 0.25) is 11.8 Å². The zero-order valence-electron chi connectivity index (χ0n) is 22.5. The lowest BCUT2D eigenvalue weighted by Gasteiger charge is -2.35. The number of nitrogens with one attached hydrogen (secondary N) is 2. The molecule has 0 bridgehead atoms. The number of unbranched alkanes of at least 4 members (excludes halogenated alkanes) is 2. The average Bonchev–Trinajstić information content (AvgIpc) is 2.75. The van der Waals surface area contributed by atoms with Crippen molar-refractivity contribution in [2.75, 3.05) is 13.1 Å². The van der Waals surface area contributed by atoms with Gasteiger partial charge in [-0.25, -0.2) is 4.79 Å². The molecule has 0 aromatic heterocycles. The SMILES string of the molecule is CCCCNC(=O)C(c1ccc(O)cc1)N(CCCC)C(=O)C(CC(C)C)NC(=O)OC(C)(C)C. The second-order valence-corrected chi connectivity index (χ2v) is 10.4. The maximum absolute atomic E-state index is 13.9. The molecular formula is C27H45N3O5. The molecule has 1 rings (SSSR count). The van der Waals surface area contributed by atoms with Gasteiger partial charge in [0, 0.05) is 13.1 Å². The van der Waals surface area contributed by atoms with E-state index in [4.69, 9.17) is 4.74 Å². The average molecular weight is 492 g/mol. The molecule has 1 aromatic carbocycles. The van der Waals surface area contributed by atoms with Crippen molar-refractivity contribution in [1.82, 2.24) is 15.5 Å². The van der Waals surface area contributed by atoms with Gasteiger partial charge in [-0.3, -0.25) is 9.59 Å². The predicted molar refractivity (Wildman–Crippen MR) is 138 cm³/mol. The molecule has 2 unspecified atom stereocenters. The third-order valence-electron chi connectivity index (χ3n) is 5.33. The minimum absolute atomic E-state index is 0.0783. The highest BCUT2D eigenvalue weighted by atomic mass is 16.6. The Bertz CT molecular complexity index is 802. The maximum Gasteiger partial charge on any atom is 0.408 e. The number of amides is 3. The Morgan fingerprint density at radius 1 is 1.03 bits per heavy atom. The molecule has 1 aromatic rings. The summed E-state index contributed by atoms with van der Waals surface area (Å²) >= 11 is 0. The second-order valence-electron chi connectivity index (χ2n) is 10.4. The quantitative estimate of drug-likeness (QED) is 0.340. The molecule has 0 heterocycles. The van der Waals surface area contributed by atoms with E-state index < -0.39 is 23.8 Å². The van der Waals surface area contributed by atoms with Crippen molar-refractivity contribution in [1.29, 1.82) is 0 Å². The van der Waals surface area contributed by atoms with Crippen molar-refractivity contribution in [3.63, 3.8) is 0 Å². The third kappa shape index (κ3) is 11.0. The molecule has 198 valence electrons. The molecule has 0 saturated carbocycles. The maximum atomic E-state index is 13.9. The molecule has 0 radical (unpaired) electrons. The molecule has 8 heteroatoms. The second kappa shape index (κ2) is 14.6. The Balaban J connectivity index is 3.39. The van der Waals surface area contributed by atoms with Crippen LogP contribution >= 0.6 is 0 Å². The smallest absolute Gasteiger partial charge is 0.408 e. The van der Waals surface area contributed by atoms with Crippen LogP contribution < -0.4 is 10.6 Å². The molecule has 0 saturated heterocycles. The van der Waals surface area contributed by atoms with Gasteiger partial charge in [-0.05, 0) is 63.6 Å². The number of hydrogen-bond donors (Lipinski definition) is 3. The van der Waals surface area contributed by atoms with E-state index in [9.17, 15) is 19.5 Å². The minimum Gasteiger partial charge on any atom is -0.508 e. The Morgan fingerprint density at radius 3 is 2.14 bits per heavy atom. The van der Waals surface area contributed by atoms with Crippen molar-refractivity contribution in [2.24, 2.45) is 5.92 Å². The van der Waals surface area contributed by atoms with Crippen LogP contribution in [0.2, 0.25) is 0 Å². The van der Waals surface area contributed by atoms with Crippen LogP contribution in [-0.4, -0.2) is 52.6 Å². The Hall–Kier alpha value is -2.77. The highest BCUT2D eigenvalue weighted by Crippen LogP contribution is 2.26. The summed E-state index contributed by atoms with van der Waals surface area (Å²) in [4.78, 5) is 41.4. The summed E-state index contributed by atoms with van der Waals surface area (Å²) in [5.41, 5.74) is -0.104. The number of hydrogen-bond acceptors (Lipinski definition) is 5. The zero-order chi connectivity index (χ0) is 26.6. The number of carbonyl (C=O) groups excluding carboxylic acids is 3. The van der Waals surface area contributed by atoms with E-state index in [-0.39, 0.29) is 23.5 Å². The number of nitrogens with zero attached hydrogens (tertiary/aromatic N) is 1. The van der Waals surface area contributed by atoms with Crippen LogP contribution in [0.15, 0.2) is 24.3 Å². The Kier molecular flexibility index (Phi) is 12.6. The standard InChI is InChI=1S/C27H45N3O5/c1-8-10-16-28-24(32)23(20-12-14-21(31)15-13-20)30(17-11-9-2)25(33)22(18-19(3)4)29-26(34)35-27(5,6)7/h12-15,19,22-23,31H,8-11,16-18H2,1-7H3,(H,28,32)(H,29,34). The first-order valence-electron chi connectivity index (χ1n) is 12.8. The number of aromatic hydroxyl groups is 1. The van der Waals surface area contributed by atoms with Gasteiger partial charge < -0.3 is 25.4 Å². The van der Waals surface area contributed by atoms with Crippen molar-refractivity contribution in [2.45, 2.75) is 98.3 Å². The number of carbonyl (C=O) groups is 3. The van der Waals surface area contributed by atoms with E-state index in [1.54, 1.807) is 37.8 Å². The van der Waals surface area contributed by atoms with Crippen molar-refractivity contribution in [3.8, 4) is 5.75 Å². The summed E-state index contributed by atoms with van der Waals surface area (Å²) in [6.07, 6.45) is 3.02. The van der Waals surface area contributed by atoms with Gasteiger partial charge in [0.25, 0.3) is 0 Å². The van der Waals surface area contributed by atoms with Crippen molar-refractivity contribution in [3.05, 3.63) is 29.8 Å². The lowest BCUT2D eigenvalue weighted by atomic mass is 9.98. The van der Waals surface area contributed by atoms with Crippen LogP contribution in [0, 0.1) is 5.92 Å². The van der Waals surface area contributed by atoms with E-state index in [0.29, 0.717) is 31.5 Å². The van der Waals surface area contributed by atoms with E-state index >= 15 is 0 Å². The zero-order valence-corrected chi connectivity index (χ0v) is 22.5. The number of ether oxygens (including phenoxy) is 1. The van der Waals surface area contributed by atoms with E-state index in [1.165, 1.54) is 12.1 Å². The lowest BCUT2D eigenvalue weighted by Crippen LogP contribution is -2.53. The monoisotopic (exact) mass is 491 g/mol. The summed E-state index contributed by atoms with van der Waals surface area (Å²) in [7, 11) is 0. The van der Waals surface area contributed by atoms with E-state index in [0.717, 1.165) is 19.3 Å². The normalized spacial score (nSPS) is 13.1. The van der Waals surface area contributed by atoms with E-state index in [2.05, 4.69) is 10.6 Å². The van der Waals surface area contributed by atoms with Gasteiger partial charge in [-0.15, -0.1) is 0 Å². The Labute approximate surface area is 210 Å². The van der Waals surface area contributed by atoms with Gasteiger partial charge in [-0.1, -0.05) is 52.7 Å². The summed E-state index contributed by atoms with van der Waals surface area (Å²) in [5.74, 6) is -0.414. The summed E-state index contributed by atoms with van der Waals surface area (Å²) in [6.45, 7) is 14.2. The number of phenols is 1. The third-order valence-corrected chi connectivity index (χ3v) is 5.33. The van der Waals surface area contributed by atoms with Gasteiger partial charge in [0.1, 0.15) is 23.4 Å². The van der Waals surface area contributed by atoms with Gasteiger partial charge >= 0.3 is 6.09 Å². The van der Waals surface area contributed by atoms with Crippen LogP contribution in [-0.2, 0) is 14.3 Å². The summed E-state index contributed by atoms with van der Waals surface area (Å²) in [6, 6.07) is 4.60. The number of phenolic OH excluding ortho intramolecular Hbond substituents is 1. The minimum atomic E-state index is -0.887. The first-order chi connectivity index (χ1) is 16.4. The van der Waals surface area contributed by atoms with Crippen LogP contribution in [0.25, 0.3) is 0 Å². The topological polar surface area (TPSA) is 108 Å². The van der Waals surface area contributed by atoms with Crippen LogP contribution in [0.1, 0.15) is 92.2 Å². The van der Waals surface area contributed by atoms with Gasteiger partial charge in [-0.2, -0.15) is 0 Å². The molecule has 0 spiro atoms. The van der Waals surface area contributed by atoms with Crippen LogP contribution in [0.3, 0.4) is 0 Å². The molecule has 3 N–H and O–H groups in total.